The lowest BCUT2D eigenvalue weighted by molar-refractivity contribution is -0.154. The number of fused-ring (bicyclic) bond motifs is 1. The number of benzene rings is 1. The largest absolute Gasteiger partial charge is 0.286 e. The van der Waals surface area contributed by atoms with E-state index >= 15 is 0 Å². The molecule has 3 amide bonds. The highest BCUT2D eigenvalue weighted by atomic mass is 16.5. The van der Waals surface area contributed by atoms with Gasteiger partial charge in [0.2, 0.25) is 12.3 Å². The number of nitrogens with one attached hydrogen (secondary N) is 2. The molecule has 1 heterocycles. The number of unbranched alkanes of at least 4 members (excludes halogenated alkanes) is 2. The molecule has 0 bridgehead atoms. The summed E-state index contributed by atoms with van der Waals surface area (Å²) in [6, 6.07) is 5.13. The summed E-state index contributed by atoms with van der Waals surface area (Å²) in [6.07, 6.45) is 3.42. The number of rotatable bonds is 10. The SMILES string of the molecule is CCCCC[C@@H](CN(O)C=O)C(=O)NNC(=O)c1ccc2c(c1)nnn2C(C)C. The van der Waals surface area contributed by atoms with E-state index in [9.17, 15) is 19.6 Å². The number of carbonyl (C=O) groups is 3. The molecule has 0 radical (unpaired) electrons. The molecule has 0 unspecified atom stereocenters. The smallest absolute Gasteiger partial charge is 0.269 e. The van der Waals surface area contributed by atoms with E-state index in [1.54, 1.807) is 22.9 Å². The van der Waals surface area contributed by atoms with Crippen molar-refractivity contribution in [2.45, 2.75) is 52.5 Å². The van der Waals surface area contributed by atoms with Crippen LogP contribution in [0, 0.1) is 5.92 Å². The van der Waals surface area contributed by atoms with Crippen molar-refractivity contribution in [1.82, 2.24) is 30.9 Å². The fourth-order valence-corrected chi connectivity index (χ4v) is 2.97. The quantitative estimate of drug-likeness (QED) is 0.240. The monoisotopic (exact) mass is 404 g/mol. The topological polar surface area (TPSA) is 129 Å². The van der Waals surface area contributed by atoms with E-state index in [1.165, 1.54) is 0 Å². The van der Waals surface area contributed by atoms with E-state index in [0.29, 0.717) is 22.6 Å². The number of aromatic nitrogens is 3. The van der Waals surface area contributed by atoms with Gasteiger partial charge in [-0.05, 0) is 38.5 Å². The van der Waals surface area contributed by atoms with E-state index in [-0.39, 0.29) is 19.0 Å². The molecule has 1 aromatic carbocycles. The van der Waals surface area contributed by atoms with Gasteiger partial charge in [-0.2, -0.15) is 0 Å². The van der Waals surface area contributed by atoms with Gasteiger partial charge in [-0.15, -0.1) is 5.10 Å². The number of nitrogens with zero attached hydrogens (tertiary/aromatic N) is 4. The standard InChI is InChI=1S/C19H28N6O4/c1-4-5-6-7-15(11-24(29)12-26)19(28)22-21-18(27)14-8-9-17-16(10-14)20-23-25(17)13(2)3/h8-10,12-13,15,29H,4-7,11H2,1-3H3,(H,21,27)(H,22,28)/t15-/m0/s1. The minimum absolute atomic E-state index is 0.140. The summed E-state index contributed by atoms with van der Waals surface area (Å²) >= 11 is 0. The predicted molar refractivity (Wildman–Crippen MR) is 106 cm³/mol. The van der Waals surface area contributed by atoms with E-state index in [2.05, 4.69) is 21.2 Å². The second-order valence-electron chi connectivity index (χ2n) is 7.19. The third-order valence-corrected chi connectivity index (χ3v) is 4.58. The number of amides is 3. The summed E-state index contributed by atoms with van der Waals surface area (Å²) < 4.78 is 1.76. The van der Waals surface area contributed by atoms with Crippen LogP contribution in [-0.4, -0.2) is 50.0 Å². The molecule has 0 saturated carbocycles. The van der Waals surface area contributed by atoms with Gasteiger partial charge in [0.05, 0.1) is 18.0 Å². The molecule has 3 N–H and O–H groups in total. The molecule has 1 atom stereocenters. The molecule has 1 aromatic heterocycles. The zero-order valence-electron chi connectivity index (χ0n) is 17.0. The number of hydrogen-bond donors (Lipinski definition) is 3. The molecule has 0 aliphatic carbocycles. The Balaban J connectivity index is 2.00. The summed E-state index contributed by atoms with van der Waals surface area (Å²) in [7, 11) is 0. The summed E-state index contributed by atoms with van der Waals surface area (Å²) in [6.45, 7) is 5.87. The van der Waals surface area contributed by atoms with Crippen LogP contribution in [0.4, 0.5) is 0 Å². The molecule has 0 saturated heterocycles. The summed E-state index contributed by atoms with van der Waals surface area (Å²) in [4.78, 5) is 35.5. The number of carbonyl (C=O) groups excluding carboxylic acids is 3. The third kappa shape index (κ3) is 5.98. The van der Waals surface area contributed by atoms with Crippen molar-refractivity contribution in [3.63, 3.8) is 0 Å². The molecule has 10 nitrogen and oxygen atoms in total. The van der Waals surface area contributed by atoms with Crippen LogP contribution >= 0.6 is 0 Å². The Labute approximate surface area is 169 Å². The first-order chi connectivity index (χ1) is 13.9. The lowest BCUT2D eigenvalue weighted by atomic mass is 10.0. The van der Waals surface area contributed by atoms with Crippen LogP contribution in [0.1, 0.15) is 62.9 Å². The first kappa shape index (κ1) is 22.3. The van der Waals surface area contributed by atoms with Crippen molar-refractivity contribution in [3.8, 4) is 0 Å². The zero-order valence-corrected chi connectivity index (χ0v) is 17.0. The van der Waals surface area contributed by atoms with Crippen LogP contribution in [0.25, 0.3) is 11.0 Å². The molecule has 10 heteroatoms. The molecule has 2 aromatic rings. The summed E-state index contributed by atoms with van der Waals surface area (Å²) in [5.41, 5.74) is 6.47. The predicted octanol–water partition coefficient (Wildman–Crippen LogP) is 1.82. The maximum absolute atomic E-state index is 12.4. The molecule has 0 fully saturated rings. The molecule has 0 aliphatic heterocycles. The Hall–Kier alpha value is -3.01. The van der Waals surface area contributed by atoms with Crippen molar-refractivity contribution in [2.75, 3.05) is 6.54 Å². The molecule has 0 aliphatic rings. The van der Waals surface area contributed by atoms with Gasteiger partial charge >= 0.3 is 0 Å². The lowest BCUT2D eigenvalue weighted by Crippen LogP contribution is -2.46. The second kappa shape index (κ2) is 10.5. The maximum Gasteiger partial charge on any atom is 0.269 e. The van der Waals surface area contributed by atoms with Gasteiger partial charge in [0.25, 0.3) is 5.91 Å². The fourth-order valence-electron chi connectivity index (χ4n) is 2.97. The van der Waals surface area contributed by atoms with Crippen LogP contribution in [0.3, 0.4) is 0 Å². The van der Waals surface area contributed by atoms with Gasteiger partial charge in [-0.3, -0.25) is 30.4 Å². The van der Waals surface area contributed by atoms with Gasteiger partial charge in [-0.25, -0.2) is 9.75 Å². The first-order valence-electron chi connectivity index (χ1n) is 9.73. The van der Waals surface area contributed by atoms with Gasteiger partial charge in [0, 0.05) is 11.6 Å². The van der Waals surface area contributed by atoms with E-state index in [0.717, 1.165) is 24.8 Å². The van der Waals surface area contributed by atoms with Crippen molar-refractivity contribution in [3.05, 3.63) is 23.8 Å². The van der Waals surface area contributed by atoms with Crippen LogP contribution in [0.2, 0.25) is 0 Å². The highest BCUT2D eigenvalue weighted by Crippen LogP contribution is 2.17. The fraction of sp³-hybridized carbons (Fsp3) is 0.526. The van der Waals surface area contributed by atoms with Gasteiger partial charge in [0.15, 0.2) is 0 Å². The van der Waals surface area contributed by atoms with Gasteiger partial charge in [-0.1, -0.05) is 31.4 Å². The molecular formula is C19H28N6O4. The average molecular weight is 404 g/mol. The Morgan fingerprint density at radius 1 is 1.28 bits per heavy atom. The van der Waals surface area contributed by atoms with Crippen LogP contribution in [-0.2, 0) is 9.59 Å². The van der Waals surface area contributed by atoms with Crippen LogP contribution < -0.4 is 10.9 Å². The minimum atomic E-state index is -0.634. The van der Waals surface area contributed by atoms with Crippen LogP contribution in [0.15, 0.2) is 18.2 Å². The van der Waals surface area contributed by atoms with E-state index in [4.69, 9.17) is 0 Å². The second-order valence-corrected chi connectivity index (χ2v) is 7.19. The molecule has 29 heavy (non-hydrogen) atoms. The number of hydrazine groups is 1. The Kier molecular flexibility index (Phi) is 8.08. The number of hydroxylamine groups is 2. The Bertz CT molecular complexity index is 850. The normalized spacial score (nSPS) is 12.0. The van der Waals surface area contributed by atoms with Crippen molar-refractivity contribution < 1.29 is 19.6 Å². The molecular weight excluding hydrogens is 376 g/mol. The summed E-state index contributed by atoms with van der Waals surface area (Å²) in [5.74, 6) is -1.60. The highest BCUT2D eigenvalue weighted by Gasteiger charge is 2.21. The van der Waals surface area contributed by atoms with Gasteiger partial charge in [0.1, 0.15) is 5.52 Å². The highest BCUT2D eigenvalue weighted by molar-refractivity contribution is 5.98. The molecule has 158 valence electrons. The van der Waals surface area contributed by atoms with Crippen molar-refractivity contribution in [2.24, 2.45) is 5.92 Å². The third-order valence-electron chi connectivity index (χ3n) is 4.58. The Morgan fingerprint density at radius 2 is 2.03 bits per heavy atom. The Morgan fingerprint density at radius 3 is 2.69 bits per heavy atom. The average Bonchev–Trinajstić information content (AvgIpc) is 3.14. The zero-order chi connectivity index (χ0) is 21.4. The maximum atomic E-state index is 12.4. The lowest BCUT2D eigenvalue weighted by Gasteiger charge is -2.19. The summed E-state index contributed by atoms with van der Waals surface area (Å²) in [5, 5.41) is 18.0. The van der Waals surface area contributed by atoms with Crippen molar-refractivity contribution in [1.29, 1.82) is 0 Å². The molecule has 2 rings (SSSR count). The minimum Gasteiger partial charge on any atom is -0.286 e. The van der Waals surface area contributed by atoms with E-state index < -0.39 is 17.7 Å². The van der Waals surface area contributed by atoms with Crippen molar-refractivity contribution >= 4 is 29.3 Å². The first-order valence-corrected chi connectivity index (χ1v) is 9.73. The molecule has 0 spiro atoms. The number of hydrogen-bond acceptors (Lipinski definition) is 6. The van der Waals surface area contributed by atoms with Gasteiger partial charge < -0.3 is 0 Å². The van der Waals surface area contributed by atoms with E-state index in [1.807, 2.05) is 20.8 Å². The van der Waals surface area contributed by atoms with Crippen LogP contribution in [0.5, 0.6) is 0 Å².